The summed E-state index contributed by atoms with van der Waals surface area (Å²) in [5, 5.41) is 20.0. The zero-order valence-electron chi connectivity index (χ0n) is 11.9. The second kappa shape index (κ2) is 5.91. The van der Waals surface area contributed by atoms with E-state index in [-0.39, 0.29) is 11.3 Å². The number of nitriles is 1. The maximum Gasteiger partial charge on any atom is 0.289 e. The summed E-state index contributed by atoms with van der Waals surface area (Å²) in [5.74, 6) is 0.587. The van der Waals surface area contributed by atoms with Gasteiger partial charge < -0.3 is 4.90 Å². The van der Waals surface area contributed by atoms with Crippen molar-refractivity contribution in [1.29, 1.82) is 5.26 Å². The predicted octanol–water partition coefficient (Wildman–Crippen LogP) is 3.48. The van der Waals surface area contributed by atoms with Gasteiger partial charge in [0.05, 0.1) is 4.92 Å². The lowest BCUT2D eigenvalue weighted by atomic mass is 9.85. The van der Waals surface area contributed by atoms with Crippen LogP contribution in [-0.4, -0.2) is 18.0 Å². The van der Waals surface area contributed by atoms with Crippen molar-refractivity contribution in [2.75, 3.05) is 11.9 Å². The Morgan fingerprint density at radius 1 is 1.40 bits per heavy atom. The number of hydrogen-bond donors (Lipinski definition) is 0. The smallest absolute Gasteiger partial charge is 0.289 e. The quantitative estimate of drug-likeness (QED) is 0.624. The number of nitro benzene ring substituents is 1. The first-order chi connectivity index (χ1) is 9.54. The lowest BCUT2D eigenvalue weighted by molar-refractivity contribution is -0.385. The summed E-state index contributed by atoms with van der Waals surface area (Å²) >= 11 is 0. The fourth-order valence-electron chi connectivity index (χ4n) is 3.05. The van der Waals surface area contributed by atoms with Crippen LogP contribution in [0, 0.1) is 27.4 Å². The summed E-state index contributed by atoms with van der Waals surface area (Å²) in [6.45, 7) is 2.23. The molecule has 0 saturated heterocycles. The Balaban J connectivity index is 2.30. The van der Waals surface area contributed by atoms with E-state index in [1.165, 1.54) is 31.4 Å². The van der Waals surface area contributed by atoms with Gasteiger partial charge in [0.2, 0.25) is 0 Å². The first kappa shape index (κ1) is 14.3. The molecule has 2 unspecified atom stereocenters. The third kappa shape index (κ3) is 2.74. The maximum absolute atomic E-state index is 11.0. The number of benzene rings is 1. The molecule has 1 aromatic carbocycles. The molecular formula is C15H19N3O2. The van der Waals surface area contributed by atoms with Crippen molar-refractivity contribution in [3.63, 3.8) is 0 Å². The van der Waals surface area contributed by atoms with Crippen molar-refractivity contribution >= 4 is 11.4 Å². The normalized spacial score (nSPS) is 22.1. The Labute approximate surface area is 119 Å². The molecule has 1 aliphatic rings. The predicted molar refractivity (Wildman–Crippen MR) is 77.6 cm³/mol. The number of nitrogens with zero attached hydrogens (tertiary/aromatic N) is 3. The second-order valence-electron chi connectivity index (χ2n) is 5.51. The van der Waals surface area contributed by atoms with Gasteiger partial charge in [0, 0.05) is 24.8 Å². The molecule has 1 aromatic rings. The fraction of sp³-hybridized carbons (Fsp3) is 0.533. The minimum atomic E-state index is -0.486. The van der Waals surface area contributed by atoms with Crippen LogP contribution in [0.3, 0.4) is 0 Å². The van der Waals surface area contributed by atoms with E-state index in [1.807, 2.05) is 13.1 Å². The van der Waals surface area contributed by atoms with Gasteiger partial charge in [0.15, 0.2) is 0 Å². The molecule has 0 radical (unpaired) electrons. The minimum Gasteiger partial charge on any atom is -0.371 e. The molecule has 0 N–H and O–H groups in total. The Bertz CT molecular complexity index is 551. The van der Waals surface area contributed by atoms with Gasteiger partial charge in [-0.1, -0.05) is 19.8 Å². The summed E-state index contributed by atoms with van der Waals surface area (Å²) in [6, 6.07) is 7.14. The zero-order chi connectivity index (χ0) is 14.7. The topological polar surface area (TPSA) is 70.2 Å². The van der Waals surface area contributed by atoms with Crippen molar-refractivity contribution in [1.82, 2.24) is 0 Å². The Hall–Kier alpha value is -2.09. The molecule has 0 aromatic heterocycles. The molecule has 20 heavy (non-hydrogen) atoms. The highest BCUT2D eigenvalue weighted by Crippen LogP contribution is 2.32. The number of anilines is 1. The van der Waals surface area contributed by atoms with Crippen LogP contribution in [0.1, 0.15) is 38.2 Å². The van der Waals surface area contributed by atoms with Gasteiger partial charge in [-0.25, -0.2) is 0 Å². The van der Waals surface area contributed by atoms with Crippen LogP contribution >= 0.6 is 0 Å². The average molecular weight is 273 g/mol. The molecule has 1 fully saturated rings. The van der Waals surface area contributed by atoms with Crippen LogP contribution in [0.5, 0.6) is 0 Å². The summed E-state index contributed by atoms with van der Waals surface area (Å²) in [7, 11) is 1.98. The largest absolute Gasteiger partial charge is 0.371 e. The van der Waals surface area contributed by atoms with Gasteiger partial charge >= 0.3 is 0 Å². The number of nitro groups is 1. The molecule has 106 valence electrons. The summed E-state index contributed by atoms with van der Waals surface area (Å²) in [5.41, 5.74) is 0.818. The summed E-state index contributed by atoms with van der Waals surface area (Å²) in [6.07, 6.45) is 4.79. The molecule has 0 spiro atoms. The Morgan fingerprint density at radius 3 is 2.70 bits per heavy atom. The highest BCUT2D eigenvalue weighted by Gasteiger charge is 2.26. The number of hydrogen-bond acceptors (Lipinski definition) is 4. The van der Waals surface area contributed by atoms with Gasteiger partial charge in [-0.05, 0) is 30.9 Å². The van der Waals surface area contributed by atoms with Crippen molar-refractivity contribution in [3.05, 3.63) is 33.9 Å². The molecule has 0 aliphatic heterocycles. The van der Waals surface area contributed by atoms with E-state index in [0.29, 0.717) is 12.0 Å². The second-order valence-corrected chi connectivity index (χ2v) is 5.51. The van der Waals surface area contributed by atoms with Crippen LogP contribution in [0.25, 0.3) is 0 Å². The van der Waals surface area contributed by atoms with Crippen LogP contribution in [0.15, 0.2) is 18.2 Å². The third-order valence-corrected chi connectivity index (χ3v) is 4.27. The van der Waals surface area contributed by atoms with Crippen molar-refractivity contribution < 1.29 is 4.92 Å². The van der Waals surface area contributed by atoms with Gasteiger partial charge in [0.1, 0.15) is 11.6 Å². The van der Waals surface area contributed by atoms with E-state index in [0.717, 1.165) is 12.1 Å². The summed E-state index contributed by atoms with van der Waals surface area (Å²) < 4.78 is 0. The average Bonchev–Trinajstić information content (AvgIpc) is 2.46. The molecule has 2 rings (SSSR count). The zero-order valence-corrected chi connectivity index (χ0v) is 11.9. The molecule has 0 amide bonds. The van der Waals surface area contributed by atoms with Gasteiger partial charge in [-0.2, -0.15) is 5.26 Å². The van der Waals surface area contributed by atoms with E-state index in [4.69, 9.17) is 5.26 Å². The molecule has 5 heteroatoms. The van der Waals surface area contributed by atoms with E-state index in [9.17, 15) is 10.1 Å². The third-order valence-electron chi connectivity index (χ3n) is 4.27. The van der Waals surface area contributed by atoms with Gasteiger partial charge in [-0.3, -0.25) is 10.1 Å². The lowest BCUT2D eigenvalue weighted by Gasteiger charge is -2.37. The molecular weight excluding hydrogens is 254 g/mol. The molecule has 0 heterocycles. The first-order valence-electron chi connectivity index (χ1n) is 6.96. The first-order valence-corrected chi connectivity index (χ1v) is 6.96. The minimum absolute atomic E-state index is 0.111. The van der Waals surface area contributed by atoms with Crippen molar-refractivity contribution in [3.8, 4) is 6.07 Å². The maximum atomic E-state index is 11.0. The lowest BCUT2D eigenvalue weighted by Crippen LogP contribution is -2.39. The van der Waals surface area contributed by atoms with Gasteiger partial charge in [0.25, 0.3) is 5.69 Å². The SMILES string of the molecule is CC1CCCCC1N(C)c1ccc(C#N)c([N+](=O)[O-])c1. The molecule has 5 nitrogen and oxygen atoms in total. The highest BCUT2D eigenvalue weighted by molar-refractivity contribution is 5.60. The van der Waals surface area contributed by atoms with E-state index >= 15 is 0 Å². The highest BCUT2D eigenvalue weighted by atomic mass is 16.6. The van der Waals surface area contributed by atoms with Crippen molar-refractivity contribution in [2.24, 2.45) is 5.92 Å². The molecule has 2 atom stereocenters. The molecule has 0 bridgehead atoms. The fourth-order valence-corrected chi connectivity index (χ4v) is 3.05. The Kier molecular flexibility index (Phi) is 4.23. The molecule has 1 saturated carbocycles. The monoisotopic (exact) mass is 273 g/mol. The number of rotatable bonds is 3. The molecule has 1 aliphatic carbocycles. The Morgan fingerprint density at radius 2 is 2.10 bits per heavy atom. The van der Waals surface area contributed by atoms with Crippen LogP contribution in [0.2, 0.25) is 0 Å². The van der Waals surface area contributed by atoms with E-state index < -0.39 is 4.92 Å². The summed E-state index contributed by atoms with van der Waals surface area (Å²) in [4.78, 5) is 12.7. The van der Waals surface area contributed by atoms with E-state index in [2.05, 4.69) is 11.8 Å². The van der Waals surface area contributed by atoms with E-state index in [1.54, 1.807) is 6.07 Å². The van der Waals surface area contributed by atoms with Crippen LogP contribution in [-0.2, 0) is 0 Å². The standard InChI is InChI=1S/C15H19N3O2/c1-11-5-3-4-6-14(11)17(2)13-8-7-12(10-16)15(9-13)18(19)20/h7-9,11,14H,3-6H2,1-2H3. The van der Waals surface area contributed by atoms with Crippen molar-refractivity contribution in [2.45, 2.75) is 38.6 Å². The van der Waals surface area contributed by atoms with Crippen LogP contribution < -0.4 is 4.90 Å². The van der Waals surface area contributed by atoms with Crippen LogP contribution in [0.4, 0.5) is 11.4 Å². The van der Waals surface area contributed by atoms with Gasteiger partial charge in [-0.15, -0.1) is 0 Å².